The maximum absolute atomic E-state index is 3.59. The molecular weight excluding hydrogens is 110 g/mol. The molecule has 0 bridgehead atoms. The van der Waals surface area contributed by atoms with E-state index in [4.69, 9.17) is 0 Å². The summed E-state index contributed by atoms with van der Waals surface area (Å²) in [6.45, 7) is 1.29. The van der Waals surface area contributed by atoms with E-state index in [0.29, 0.717) is 5.54 Å². The van der Waals surface area contributed by atoms with Gasteiger partial charge < -0.3 is 5.32 Å². The highest BCUT2D eigenvalue weighted by atomic mass is 15.1. The van der Waals surface area contributed by atoms with Crippen molar-refractivity contribution in [2.24, 2.45) is 5.41 Å². The first-order valence-corrected chi connectivity index (χ1v) is 4.12. The van der Waals surface area contributed by atoms with Gasteiger partial charge in [0, 0.05) is 5.54 Å². The van der Waals surface area contributed by atoms with Crippen LogP contribution in [-0.4, -0.2) is 12.1 Å². The summed E-state index contributed by atoms with van der Waals surface area (Å²) in [5.41, 5.74) is 1.57. The molecule has 2 aliphatic carbocycles. The molecular formula is C8H13N. The number of hydrogen-bond acceptors (Lipinski definition) is 1. The van der Waals surface area contributed by atoms with Gasteiger partial charge in [0.25, 0.3) is 0 Å². The average molecular weight is 123 g/mol. The Morgan fingerprint density at radius 2 is 1.89 bits per heavy atom. The van der Waals surface area contributed by atoms with Gasteiger partial charge in [0.15, 0.2) is 0 Å². The van der Waals surface area contributed by atoms with Crippen molar-refractivity contribution in [2.45, 2.75) is 37.6 Å². The first-order valence-electron chi connectivity index (χ1n) is 4.12. The van der Waals surface area contributed by atoms with Crippen LogP contribution in [0.25, 0.3) is 0 Å². The highest BCUT2D eigenvalue weighted by Crippen LogP contribution is 2.71. The summed E-state index contributed by atoms with van der Waals surface area (Å²) in [4.78, 5) is 0. The summed E-state index contributed by atoms with van der Waals surface area (Å²) >= 11 is 0. The summed E-state index contributed by atoms with van der Waals surface area (Å²) in [5, 5.41) is 3.59. The molecule has 2 spiro atoms. The van der Waals surface area contributed by atoms with Crippen LogP contribution in [0.1, 0.15) is 32.1 Å². The molecule has 9 heavy (non-hydrogen) atoms. The zero-order valence-electron chi connectivity index (χ0n) is 5.74. The first-order chi connectivity index (χ1) is 4.37. The van der Waals surface area contributed by atoms with Crippen LogP contribution in [0.15, 0.2) is 0 Å². The van der Waals surface area contributed by atoms with Gasteiger partial charge in [-0.15, -0.1) is 0 Å². The number of fused-ring (bicyclic) bond motifs is 1. The summed E-state index contributed by atoms with van der Waals surface area (Å²) in [7, 11) is 0. The fourth-order valence-corrected chi connectivity index (χ4v) is 2.82. The Kier molecular flexibility index (Phi) is 0.563. The maximum atomic E-state index is 3.59. The lowest BCUT2D eigenvalue weighted by molar-refractivity contribution is 0.172. The summed E-state index contributed by atoms with van der Waals surface area (Å²) < 4.78 is 0. The standard InChI is InChI=1S/C8H13N/c1-2-7(3-1)6-8(7)4-5-9-8/h9H,1-6H2. The predicted molar refractivity (Wildman–Crippen MR) is 36.3 cm³/mol. The lowest BCUT2D eigenvalue weighted by atomic mass is 9.75. The van der Waals surface area contributed by atoms with Gasteiger partial charge in [-0.3, -0.25) is 0 Å². The number of hydrogen-bond donors (Lipinski definition) is 1. The van der Waals surface area contributed by atoms with E-state index in [1.165, 1.54) is 38.6 Å². The first kappa shape index (κ1) is 4.73. The molecule has 3 rings (SSSR count). The SMILES string of the molecule is C1CC2(C1)CC21CCN1. The molecule has 1 N–H and O–H groups in total. The minimum absolute atomic E-state index is 0.714. The smallest absolute Gasteiger partial charge is 0.0256 e. The van der Waals surface area contributed by atoms with Gasteiger partial charge in [0.05, 0.1) is 0 Å². The second-order valence-corrected chi connectivity index (χ2v) is 4.07. The molecule has 3 aliphatic rings. The summed E-state index contributed by atoms with van der Waals surface area (Å²) in [5.74, 6) is 0. The summed E-state index contributed by atoms with van der Waals surface area (Å²) in [6, 6.07) is 0. The Bertz CT molecular complexity index is 136. The molecule has 1 unspecified atom stereocenters. The topological polar surface area (TPSA) is 12.0 Å². The van der Waals surface area contributed by atoms with Crippen molar-refractivity contribution in [3.05, 3.63) is 0 Å². The Balaban J connectivity index is 1.85. The molecule has 2 saturated carbocycles. The Morgan fingerprint density at radius 1 is 1.11 bits per heavy atom. The van der Waals surface area contributed by atoms with Gasteiger partial charge >= 0.3 is 0 Å². The van der Waals surface area contributed by atoms with Crippen LogP contribution in [-0.2, 0) is 0 Å². The van der Waals surface area contributed by atoms with Crippen LogP contribution in [0.4, 0.5) is 0 Å². The number of rotatable bonds is 0. The van der Waals surface area contributed by atoms with E-state index in [0.717, 1.165) is 5.41 Å². The van der Waals surface area contributed by atoms with Gasteiger partial charge in [0.2, 0.25) is 0 Å². The minimum Gasteiger partial charge on any atom is -0.311 e. The molecule has 1 heteroatoms. The van der Waals surface area contributed by atoms with Crippen molar-refractivity contribution in [1.82, 2.24) is 5.32 Å². The molecule has 1 nitrogen and oxygen atoms in total. The van der Waals surface area contributed by atoms with Crippen LogP contribution < -0.4 is 5.32 Å². The van der Waals surface area contributed by atoms with E-state index in [1.807, 2.05) is 0 Å². The molecule has 1 aliphatic heterocycles. The second kappa shape index (κ2) is 1.07. The zero-order valence-corrected chi connectivity index (χ0v) is 5.74. The highest BCUT2D eigenvalue weighted by Gasteiger charge is 2.71. The van der Waals surface area contributed by atoms with Crippen LogP contribution in [0, 0.1) is 5.41 Å². The van der Waals surface area contributed by atoms with Gasteiger partial charge in [-0.05, 0) is 37.6 Å². The second-order valence-electron chi connectivity index (χ2n) is 4.07. The van der Waals surface area contributed by atoms with Crippen LogP contribution in [0.3, 0.4) is 0 Å². The fraction of sp³-hybridized carbons (Fsp3) is 1.00. The molecule has 1 saturated heterocycles. The molecule has 0 aromatic carbocycles. The van der Waals surface area contributed by atoms with Crippen molar-refractivity contribution in [3.8, 4) is 0 Å². The van der Waals surface area contributed by atoms with Crippen molar-refractivity contribution >= 4 is 0 Å². The van der Waals surface area contributed by atoms with E-state index in [-0.39, 0.29) is 0 Å². The Hall–Kier alpha value is -0.0400. The van der Waals surface area contributed by atoms with Crippen molar-refractivity contribution in [1.29, 1.82) is 0 Å². The predicted octanol–water partition coefficient (Wildman–Crippen LogP) is 1.29. The third-order valence-electron chi connectivity index (χ3n) is 3.86. The number of nitrogens with one attached hydrogen (secondary N) is 1. The third kappa shape index (κ3) is 0.337. The molecule has 0 aromatic heterocycles. The molecule has 50 valence electrons. The monoisotopic (exact) mass is 123 g/mol. The van der Waals surface area contributed by atoms with E-state index in [2.05, 4.69) is 5.32 Å². The molecule has 3 fully saturated rings. The Labute approximate surface area is 55.8 Å². The van der Waals surface area contributed by atoms with Gasteiger partial charge in [0.1, 0.15) is 0 Å². The zero-order chi connectivity index (χ0) is 5.95. The van der Waals surface area contributed by atoms with Crippen LogP contribution in [0.2, 0.25) is 0 Å². The van der Waals surface area contributed by atoms with E-state index in [9.17, 15) is 0 Å². The van der Waals surface area contributed by atoms with Gasteiger partial charge in [-0.2, -0.15) is 0 Å². The van der Waals surface area contributed by atoms with E-state index in [1.54, 1.807) is 0 Å². The van der Waals surface area contributed by atoms with Crippen molar-refractivity contribution in [3.63, 3.8) is 0 Å². The highest BCUT2D eigenvalue weighted by molar-refractivity contribution is 5.27. The third-order valence-corrected chi connectivity index (χ3v) is 3.86. The van der Waals surface area contributed by atoms with Crippen molar-refractivity contribution in [2.75, 3.05) is 6.54 Å². The fourth-order valence-electron chi connectivity index (χ4n) is 2.82. The molecule has 0 aromatic rings. The van der Waals surface area contributed by atoms with E-state index >= 15 is 0 Å². The lowest BCUT2D eigenvalue weighted by Crippen LogP contribution is -2.51. The van der Waals surface area contributed by atoms with E-state index < -0.39 is 0 Å². The van der Waals surface area contributed by atoms with Crippen LogP contribution >= 0.6 is 0 Å². The minimum atomic E-state index is 0.714. The lowest BCUT2D eigenvalue weighted by Gasteiger charge is -2.39. The molecule has 1 heterocycles. The van der Waals surface area contributed by atoms with Crippen molar-refractivity contribution < 1.29 is 0 Å². The van der Waals surface area contributed by atoms with Gasteiger partial charge in [-0.1, -0.05) is 6.42 Å². The maximum Gasteiger partial charge on any atom is 0.0256 e. The van der Waals surface area contributed by atoms with Crippen LogP contribution in [0.5, 0.6) is 0 Å². The molecule has 1 atom stereocenters. The molecule has 0 amide bonds. The average Bonchev–Trinajstić information content (AvgIpc) is 2.28. The quantitative estimate of drug-likeness (QED) is 0.512. The Morgan fingerprint density at radius 3 is 2.00 bits per heavy atom. The summed E-state index contributed by atoms with van der Waals surface area (Å²) in [6.07, 6.45) is 7.55. The molecule has 0 radical (unpaired) electrons. The largest absolute Gasteiger partial charge is 0.311 e. The van der Waals surface area contributed by atoms with Gasteiger partial charge in [-0.25, -0.2) is 0 Å². The normalized spacial score (nSPS) is 50.7.